The minimum Gasteiger partial charge on any atom is -1.00 e. The van der Waals surface area contributed by atoms with Gasteiger partial charge in [0, 0.05) is 0 Å². The average Bonchev–Trinajstić information content (AvgIpc) is 2.49. The van der Waals surface area contributed by atoms with E-state index in [0.29, 0.717) is 11.1 Å². The standard InChI is InChI=1S/C9H7NO3.Na.H/c1-5-3-2-4-6-7(5)10-8(13-6)9(11)12;;/h2-4H,1H3,(H,11,12);;/q;+1;-1. The van der Waals surface area contributed by atoms with Crippen LogP contribution in [0.4, 0.5) is 0 Å². The summed E-state index contributed by atoms with van der Waals surface area (Å²) in [4.78, 5) is 14.4. The summed E-state index contributed by atoms with van der Waals surface area (Å²) in [6.07, 6.45) is 0. The number of carboxylic acids is 1. The van der Waals surface area contributed by atoms with Gasteiger partial charge >= 0.3 is 41.4 Å². The van der Waals surface area contributed by atoms with Crippen LogP contribution in [-0.2, 0) is 0 Å². The Morgan fingerprint density at radius 2 is 2.29 bits per heavy atom. The Morgan fingerprint density at radius 1 is 1.57 bits per heavy atom. The van der Waals surface area contributed by atoms with Crippen LogP contribution in [0.2, 0.25) is 0 Å². The molecule has 2 aromatic rings. The van der Waals surface area contributed by atoms with Gasteiger partial charge in [0.2, 0.25) is 0 Å². The maximum absolute atomic E-state index is 10.5. The molecule has 0 aliphatic carbocycles. The first-order valence-corrected chi connectivity index (χ1v) is 3.78. The van der Waals surface area contributed by atoms with Crippen molar-refractivity contribution >= 4 is 17.1 Å². The summed E-state index contributed by atoms with van der Waals surface area (Å²) in [7, 11) is 0. The predicted molar refractivity (Wildman–Crippen MR) is 46.8 cm³/mol. The summed E-state index contributed by atoms with van der Waals surface area (Å²) in [5.74, 6) is -1.40. The molecule has 0 amide bonds. The van der Waals surface area contributed by atoms with E-state index in [2.05, 4.69) is 4.98 Å². The molecule has 0 fully saturated rings. The topological polar surface area (TPSA) is 63.3 Å². The molecule has 0 aliphatic heterocycles. The van der Waals surface area contributed by atoms with Gasteiger partial charge in [-0.1, -0.05) is 12.1 Å². The second kappa shape index (κ2) is 4.13. The molecule has 0 spiro atoms. The molecular formula is C9H8NNaO3. The quantitative estimate of drug-likeness (QED) is 0.598. The maximum atomic E-state index is 10.5. The molecule has 0 saturated heterocycles. The van der Waals surface area contributed by atoms with E-state index in [1.54, 1.807) is 12.1 Å². The fourth-order valence-electron chi connectivity index (χ4n) is 1.18. The second-order valence-electron chi connectivity index (χ2n) is 2.75. The number of benzene rings is 1. The van der Waals surface area contributed by atoms with Crippen molar-refractivity contribution in [1.29, 1.82) is 0 Å². The normalized spacial score (nSPS) is 9.79. The number of hydrogen-bond acceptors (Lipinski definition) is 3. The zero-order chi connectivity index (χ0) is 9.42. The van der Waals surface area contributed by atoms with Gasteiger partial charge in [-0.05, 0) is 18.6 Å². The molecule has 1 aromatic carbocycles. The summed E-state index contributed by atoms with van der Waals surface area (Å²) in [6, 6.07) is 5.35. The first kappa shape index (κ1) is 11.2. The van der Waals surface area contributed by atoms with E-state index in [1.807, 2.05) is 13.0 Å². The van der Waals surface area contributed by atoms with Crippen molar-refractivity contribution in [2.75, 3.05) is 0 Å². The summed E-state index contributed by atoms with van der Waals surface area (Å²) < 4.78 is 5.00. The maximum Gasteiger partial charge on any atom is 1.00 e. The number of fused-ring (bicyclic) bond motifs is 1. The summed E-state index contributed by atoms with van der Waals surface area (Å²) in [6.45, 7) is 1.86. The molecule has 1 heterocycles. The molecule has 4 nitrogen and oxygen atoms in total. The van der Waals surface area contributed by atoms with E-state index in [-0.39, 0.29) is 36.9 Å². The van der Waals surface area contributed by atoms with Crippen molar-refractivity contribution in [1.82, 2.24) is 4.98 Å². The van der Waals surface area contributed by atoms with E-state index in [0.717, 1.165) is 5.56 Å². The van der Waals surface area contributed by atoms with Crippen LogP contribution < -0.4 is 29.6 Å². The SMILES string of the molecule is Cc1cccc2oc(C(=O)O)nc12.[H-].[Na+]. The minimum absolute atomic E-state index is 0. The van der Waals surface area contributed by atoms with E-state index >= 15 is 0 Å². The van der Waals surface area contributed by atoms with Crippen molar-refractivity contribution in [3.63, 3.8) is 0 Å². The van der Waals surface area contributed by atoms with Gasteiger partial charge in [0.05, 0.1) is 0 Å². The molecule has 0 unspecified atom stereocenters. The molecule has 68 valence electrons. The van der Waals surface area contributed by atoms with Crippen molar-refractivity contribution in [3.05, 3.63) is 29.7 Å². The molecule has 0 bridgehead atoms. The fourth-order valence-corrected chi connectivity index (χ4v) is 1.18. The van der Waals surface area contributed by atoms with Crippen molar-refractivity contribution in [2.45, 2.75) is 6.92 Å². The predicted octanol–water partition coefficient (Wildman–Crippen LogP) is -1.05. The third kappa shape index (κ3) is 1.82. The van der Waals surface area contributed by atoms with E-state index in [1.165, 1.54) is 0 Å². The number of oxazole rings is 1. The number of rotatable bonds is 1. The zero-order valence-corrected chi connectivity index (χ0v) is 9.94. The van der Waals surface area contributed by atoms with Crippen LogP contribution >= 0.6 is 0 Å². The Bertz CT molecular complexity index is 483. The molecule has 14 heavy (non-hydrogen) atoms. The van der Waals surface area contributed by atoms with Crippen LogP contribution in [0.25, 0.3) is 11.1 Å². The van der Waals surface area contributed by atoms with Crippen molar-refractivity contribution in [3.8, 4) is 0 Å². The Morgan fingerprint density at radius 3 is 2.86 bits per heavy atom. The van der Waals surface area contributed by atoms with Crippen LogP contribution in [0.5, 0.6) is 0 Å². The molecule has 0 atom stereocenters. The van der Waals surface area contributed by atoms with Gasteiger partial charge in [0.15, 0.2) is 5.58 Å². The first-order chi connectivity index (χ1) is 6.18. The van der Waals surface area contributed by atoms with Gasteiger partial charge in [0.25, 0.3) is 0 Å². The van der Waals surface area contributed by atoms with Gasteiger partial charge in [-0.15, -0.1) is 0 Å². The van der Waals surface area contributed by atoms with Crippen molar-refractivity contribution < 1.29 is 45.3 Å². The largest absolute Gasteiger partial charge is 1.00 e. The average molecular weight is 201 g/mol. The molecule has 1 aromatic heterocycles. The van der Waals surface area contributed by atoms with Crippen LogP contribution in [0, 0.1) is 6.92 Å². The number of carbonyl (C=O) groups is 1. The summed E-state index contributed by atoms with van der Waals surface area (Å²) >= 11 is 0. The third-order valence-corrected chi connectivity index (χ3v) is 1.80. The minimum atomic E-state index is -1.14. The van der Waals surface area contributed by atoms with E-state index in [9.17, 15) is 4.79 Å². The first-order valence-electron chi connectivity index (χ1n) is 3.78. The van der Waals surface area contributed by atoms with Crippen molar-refractivity contribution in [2.24, 2.45) is 0 Å². The summed E-state index contributed by atoms with van der Waals surface area (Å²) in [5, 5.41) is 8.62. The number of aryl methyl sites for hydroxylation is 1. The zero-order valence-electron chi connectivity index (χ0n) is 8.94. The Balaban J connectivity index is 0.000000980. The van der Waals surface area contributed by atoms with Crippen LogP contribution in [0.3, 0.4) is 0 Å². The Labute approximate surface area is 104 Å². The number of aromatic carboxylic acids is 1. The van der Waals surface area contributed by atoms with E-state index < -0.39 is 5.97 Å². The van der Waals surface area contributed by atoms with Crippen LogP contribution in [-0.4, -0.2) is 16.1 Å². The van der Waals surface area contributed by atoms with Crippen LogP contribution in [0.1, 0.15) is 17.7 Å². The Hall–Kier alpha value is -0.840. The molecule has 0 saturated carbocycles. The molecule has 1 N–H and O–H groups in total. The molecule has 2 rings (SSSR count). The number of nitrogens with zero attached hydrogens (tertiary/aromatic N) is 1. The third-order valence-electron chi connectivity index (χ3n) is 1.80. The van der Waals surface area contributed by atoms with E-state index in [4.69, 9.17) is 9.52 Å². The number of carboxylic acid groups (broad SMARTS) is 1. The van der Waals surface area contributed by atoms with Gasteiger partial charge in [-0.3, -0.25) is 0 Å². The van der Waals surface area contributed by atoms with Gasteiger partial charge in [-0.25, -0.2) is 9.78 Å². The molecular weight excluding hydrogens is 193 g/mol. The van der Waals surface area contributed by atoms with Gasteiger partial charge in [0.1, 0.15) is 5.52 Å². The smallest absolute Gasteiger partial charge is 1.00 e. The fraction of sp³-hybridized carbons (Fsp3) is 0.111. The monoisotopic (exact) mass is 201 g/mol. The van der Waals surface area contributed by atoms with Crippen LogP contribution in [0.15, 0.2) is 22.6 Å². The second-order valence-corrected chi connectivity index (χ2v) is 2.75. The molecule has 0 radical (unpaired) electrons. The molecule has 0 aliphatic rings. The van der Waals surface area contributed by atoms with Gasteiger partial charge in [-0.2, -0.15) is 0 Å². The number of hydrogen-bond donors (Lipinski definition) is 1. The summed E-state index contributed by atoms with van der Waals surface area (Å²) in [5.41, 5.74) is 2.03. The molecule has 5 heteroatoms. The number of aromatic nitrogens is 1. The Kier molecular flexibility index (Phi) is 3.31. The van der Waals surface area contributed by atoms with Gasteiger partial charge < -0.3 is 11.0 Å². The number of para-hydroxylation sites is 1.